The Kier molecular flexibility index (Phi) is 11.0. The second-order valence-electron chi connectivity index (χ2n) is 7.63. The van der Waals surface area contributed by atoms with E-state index in [0.29, 0.717) is 46.1 Å². The Hall–Kier alpha value is -3.60. The molecule has 0 aliphatic rings. The lowest BCUT2D eigenvalue weighted by Crippen LogP contribution is -2.39. The average molecular weight is 549 g/mol. The van der Waals surface area contributed by atoms with Crippen LogP contribution in [0.25, 0.3) is 0 Å². The van der Waals surface area contributed by atoms with Crippen LogP contribution in [0.5, 0.6) is 17.2 Å². The number of ether oxygens (including phenoxy) is 3. The molecule has 2 aromatic carbocycles. The molecule has 10 nitrogen and oxygen atoms in total. The summed E-state index contributed by atoms with van der Waals surface area (Å²) in [6, 6.07) is 10.3. The van der Waals surface area contributed by atoms with Crippen LogP contribution in [-0.4, -0.2) is 50.8 Å². The van der Waals surface area contributed by atoms with Gasteiger partial charge >= 0.3 is 11.8 Å². The van der Waals surface area contributed by atoms with Crippen molar-refractivity contribution in [3.63, 3.8) is 0 Å². The second-order valence-corrected chi connectivity index (χ2v) is 8.49. The lowest BCUT2D eigenvalue weighted by Gasteiger charge is -2.13. The van der Waals surface area contributed by atoms with E-state index in [4.69, 9.17) is 14.2 Å². The van der Waals surface area contributed by atoms with Gasteiger partial charge in [0.2, 0.25) is 0 Å². The zero-order valence-electron chi connectivity index (χ0n) is 20.0. The number of carbonyl (C=O) groups is 3. The number of methoxy groups -OCH3 is 1. The number of rotatable bonds is 11. The topological polar surface area (TPSA) is 127 Å². The van der Waals surface area contributed by atoms with Gasteiger partial charge in [0.05, 0.1) is 24.4 Å². The fourth-order valence-corrected chi connectivity index (χ4v) is 3.26. The van der Waals surface area contributed by atoms with Gasteiger partial charge in [0.15, 0.2) is 18.1 Å². The third-order valence-corrected chi connectivity index (χ3v) is 4.89. The maximum atomic E-state index is 12.3. The minimum absolute atomic E-state index is 0.221. The SMILES string of the molecule is CCOc1ccc(NC(=O)COc2c(Br)cc(/C=N\NC(=O)C(=O)NCC(C)C)cc2OC)cc1. The summed E-state index contributed by atoms with van der Waals surface area (Å²) >= 11 is 3.39. The highest BCUT2D eigenvalue weighted by Crippen LogP contribution is 2.36. The molecular weight excluding hydrogens is 520 g/mol. The molecule has 0 fully saturated rings. The van der Waals surface area contributed by atoms with Crippen molar-refractivity contribution in [1.82, 2.24) is 10.7 Å². The molecule has 0 heterocycles. The van der Waals surface area contributed by atoms with Crippen LogP contribution in [0.4, 0.5) is 5.69 Å². The third kappa shape index (κ3) is 9.28. The fourth-order valence-electron chi connectivity index (χ4n) is 2.68. The molecule has 35 heavy (non-hydrogen) atoms. The lowest BCUT2D eigenvalue weighted by atomic mass is 10.2. The Bertz CT molecular complexity index is 1060. The van der Waals surface area contributed by atoms with Gasteiger partial charge in [-0.25, -0.2) is 5.43 Å². The standard InChI is InChI=1S/C24H29BrN4O6/c1-5-34-18-8-6-17(7-9-18)28-21(30)14-35-22-19(25)10-16(11-20(22)33-4)13-27-29-24(32)23(31)26-12-15(2)3/h6-11,13,15H,5,12,14H2,1-4H3,(H,26,31)(H,28,30)(H,29,32)/b27-13-. The van der Waals surface area contributed by atoms with Crippen LogP contribution in [0.1, 0.15) is 26.3 Å². The summed E-state index contributed by atoms with van der Waals surface area (Å²) in [5.74, 6) is -0.383. The molecule has 0 atom stereocenters. The van der Waals surface area contributed by atoms with E-state index in [0.717, 1.165) is 0 Å². The minimum Gasteiger partial charge on any atom is -0.494 e. The number of amides is 3. The zero-order valence-corrected chi connectivity index (χ0v) is 21.6. The summed E-state index contributed by atoms with van der Waals surface area (Å²) in [4.78, 5) is 35.8. The molecule has 2 aromatic rings. The van der Waals surface area contributed by atoms with E-state index in [1.54, 1.807) is 36.4 Å². The number of hydrazone groups is 1. The van der Waals surface area contributed by atoms with Gasteiger partial charge in [-0.2, -0.15) is 5.10 Å². The molecular formula is C24H29BrN4O6. The summed E-state index contributed by atoms with van der Waals surface area (Å²) in [5, 5.41) is 9.05. The molecule has 0 saturated carbocycles. The van der Waals surface area contributed by atoms with Crippen LogP contribution < -0.4 is 30.3 Å². The summed E-state index contributed by atoms with van der Waals surface area (Å²) in [7, 11) is 1.45. The van der Waals surface area contributed by atoms with Crippen LogP contribution in [0, 0.1) is 5.92 Å². The van der Waals surface area contributed by atoms with E-state index < -0.39 is 11.8 Å². The zero-order chi connectivity index (χ0) is 25.8. The normalized spacial score (nSPS) is 10.7. The average Bonchev–Trinajstić information content (AvgIpc) is 2.82. The van der Waals surface area contributed by atoms with Crippen LogP contribution in [0.3, 0.4) is 0 Å². The Morgan fingerprint density at radius 2 is 1.80 bits per heavy atom. The molecule has 2 rings (SSSR count). The first-order valence-corrected chi connectivity index (χ1v) is 11.7. The van der Waals surface area contributed by atoms with E-state index in [1.165, 1.54) is 13.3 Å². The first kappa shape index (κ1) is 27.6. The number of hydrogen-bond donors (Lipinski definition) is 3. The second kappa shape index (κ2) is 14.0. The summed E-state index contributed by atoms with van der Waals surface area (Å²) in [5.41, 5.74) is 3.34. The van der Waals surface area contributed by atoms with Gasteiger partial charge in [-0.05, 0) is 70.7 Å². The number of carbonyl (C=O) groups excluding carboxylic acids is 3. The first-order chi connectivity index (χ1) is 16.7. The van der Waals surface area contributed by atoms with Gasteiger partial charge in [-0.1, -0.05) is 13.8 Å². The molecule has 11 heteroatoms. The molecule has 0 unspecified atom stereocenters. The van der Waals surface area contributed by atoms with Crippen molar-refractivity contribution in [1.29, 1.82) is 0 Å². The monoisotopic (exact) mass is 548 g/mol. The van der Waals surface area contributed by atoms with Crippen LogP contribution in [-0.2, 0) is 14.4 Å². The van der Waals surface area contributed by atoms with Crippen molar-refractivity contribution in [3.05, 3.63) is 46.4 Å². The van der Waals surface area contributed by atoms with Crippen molar-refractivity contribution in [2.24, 2.45) is 11.0 Å². The van der Waals surface area contributed by atoms with E-state index in [1.807, 2.05) is 20.8 Å². The van der Waals surface area contributed by atoms with Crippen molar-refractivity contribution in [2.75, 3.05) is 32.2 Å². The lowest BCUT2D eigenvalue weighted by molar-refractivity contribution is -0.139. The number of anilines is 1. The first-order valence-electron chi connectivity index (χ1n) is 10.9. The van der Waals surface area contributed by atoms with Crippen LogP contribution in [0.2, 0.25) is 0 Å². The summed E-state index contributed by atoms with van der Waals surface area (Å²) in [6.07, 6.45) is 1.35. The Morgan fingerprint density at radius 1 is 1.09 bits per heavy atom. The molecule has 0 radical (unpaired) electrons. The molecule has 188 valence electrons. The smallest absolute Gasteiger partial charge is 0.329 e. The van der Waals surface area contributed by atoms with Gasteiger partial charge in [-0.3, -0.25) is 14.4 Å². The largest absolute Gasteiger partial charge is 0.494 e. The van der Waals surface area contributed by atoms with Crippen molar-refractivity contribution in [3.8, 4) is 17.2 Å². The predicted octanol–water partition coefficient (Wildman–Crippen LogP) is 3.10. The molecule has 0 aromatic heterocycles. The minimum atomic E-state index is -0.869. The highest BCUT2D eigenvalue weighted by Gasteiger charge is 2.15. The molecule has 0 aliphatic heterocycles. The van der Waals surface area contributed by atoms with Crippen molar-refractivity contribution >= 4 is 45.6 Å². The van der Waals surface area contributed by atoms with Gasteiger partial charge < -0.3 is 24.8 Å². The van der Waals surface area contributed by atoms with Gasteiger partial charge in [-0.15, -0.1) is 0 Å². The predicted molar refractivity (Wildman–Crippen MR) is 136 cm³/mol. The molecule has 0 spiro atoms. The van der Waals surface area contributed by atoms with Crippen LogP contribution in [0.15, 0.2) is 46.0 Å². The highest BCUT2D eigenvalue weighted by atomic mass is 79.9. The highest BCUT2D eigenvalue weighted by molar-refractivity contribution is 9.10. The van der Waals surface area contributed by atoms with Gasteiger partial charge in [0.25, 0.3) is 5.91 Å². The fraction of sp³-hybridized carbons (Fsp3) is 0.333. The maximum Gasteiger partial charge on any atom is 0.329 e. The summed E-state index contributed by atoms with van der Waals surface area (Å²) < 4.78 is 16.9. The van der Waals surface area contributed by atoms with Crippen LogP contribution >= 0.6 is 15.9 Å². The number of nitrogens with zero attached hydrogens (tertiary/aromatic N) is 1. The molecule has 3 amide bonds. The quantitative estimate of drug-likeness (QED) is 0.225. The van der Waals surface area contributed by atoms with E-state index in [-0.39, 0.29) is 18.4 Å². The number of halogens is 1. The Morgan fingerprint density at radius 3 is 2.43 bits per heavy atom. The molecule has 0 bridgehead atoms. The van der Waals surface area contributed by atoms with Crippen molar-refractivity contribution < 1.29 is 28.6 Å². The van der Waals surface area contributed by atoms with E-state index in [2.05, 4.69) is 37.1 Å². The molecule has 0 aliphatic carbocycles. The molecule has 0 saturated heterocycles. The molecule has 3 N–H and O–H groups in total. The maximum absolute atomic E-state index is 12.3. The van der Waals surface area contributed by atoms with E-state index in [9.17, 15) is 14.4 Å². The number of benzene rings is 2. The third-order valence-electron chi connectivity index (χ3n) is 4.31. The number of hydrogen-bond acceptors (Lipinski definition) is 7. The van der Waals surface area contributed by atoms with E-state index >= 15 is 0 Å². The Balaban J connectivity index is 1.95. The van der Waals surface area contributed by atoms with Crippen molar-refractivity contribution in [2.45, 2.75) is 20.8 Å². The van der Waals surface area contributed by atoms with Gasteiger partial charge in [0.1, 0.15) is 5.75 Å². The Labute approximate surface area is 212 Å². The summed E-state index contributed by atoms with van der Waals surface area (Å²) in [6.45, 7) is 6.43. The van der Waals surface area contributed by atoms with Gasteiger partial charge in [0, 0.05) is 12.2 Å². The number of nitrogens with one attached hydrogen (secondary N) is 3.